The van der Waals surface area contributed by atoms with Crippen molar-refractivity contribution in [1.82, 2.24) is 0 Å². The van der Waals surface area contributed by atoms with Crippen molar-refractivity contribution in [3.63, 3.8) is 0 Å². The third kappa shape index (κ3) is 31.0. The highest BCUT2D eigenvalue weighted by Gasteiger charge is 2.31. The molecule has 0 aromatic rings. The second-order valence-corrected chi connectivity index (χ2v) is 20.2. The Kier molecular flexibility index (Phi) is 25.0. The van der Waals surface area contributed by atoms with Gasteiger partial charge >= 0.3 is 13.5 Å². The Hall–Kier alpha value is 0.950. The van der Waals surface area contributed by atoms with Crippen LogP contribution in [0.5, 0.6) is 0 Å². The number of aliphatic hydroxyl groups excluding tert-OH is 1. The molecule has 1 heterocycles. The molecule has 1 aliphatic rings. The number of aliphatic hydroxyl groups is 1. The van der Waals surface area contributed by atoms with Crippen LogP contribution in [0, 0.1) is 23.7 Å². The Morgan fingerprint density at radius 1 is 0.714 bits per heavy atom. The summed E-state index contributed by atoms with van der Waals surface area (Å²) in [6, 6.07) is 0. The molecule has 1 rings (SSSR count). The highest BCUT2D eigenvalue weighted by atomic mass is 32.7. The van der Waals surface area contributed by atoms with Gasteiger partial charge in [-0.1, -0.05) is 55.4 Å². The van der Waals surface area contributed by atoms with Gasteiger partial charge in [-0.25, -0.2) is 4.57 Å². The highest BCUT2D eigenvalue weighted by Crippen LogP contribution is 2.63. The number of ether oxygens (including phenoxy) is 1. The van der Waals surface area contributed by atoms with Crippen LogP contribution < -0.4 is 0 Å². The predicted molar refractivity (Wildman–Crippen MR) is 184 cm³/mol. The van der Waals surface area contributed by atoms with Crippen LogP contribution in [0.4, 0.5) is 0 Å². The molecule has 0 amide bonds. The van der Waals surface area contributed by atoms with Crippen LogP contribution in [0.3, 0.4) is 0 Å². The van der Waals surface area contributed by atoms with E-state index in [4.69, 9.17) is 34.6 Å². The van der Waals surface area contributed by atoms with Gasteiger partial charge in [0.2, 0.25) is 0 Å². The first-order valence-electron chi connectivity index (χ1n) is 15.7. The first kappa shape index (κ1) is 45.1. The van der Waals surface area contributed by atoms with Crippen molar-refractivity contribution in [3.05, 3.63) is 0 Å². The lowest BCUT2D eigenvalue weighted by Crippen LogP contribution is -2.15. The van der Waals surface area contributed by atoms with Gasteiger partial charge < -0.3 is 23.8 Å². The van der Waals surface area contributed by atoms with Crippen LogP contribution >= 0.6 is 24.9 Å². The number of rotatable bonds is 19. The van der Waals surface area contributed by atoms with E-state index in [0.29, 0.717) is 35.5 Å². The summed E-state index contributed by atoms with van der Waals surface area (Å²) in [7, 11) is 0. The van der Waals surface area contributed by atoms with Gasteiger partial charge in [0, 0.05) is 5.75 Å². The van der Waals surface area contributed by atoms with Crippen LogP contribution in [-0.4, -0.2) is 59.0 Å². The summed E-state index contributed by atoms with van der Waals surface area (Å²) in [5.74, 6) is 2.34. The normalized spacial score (nSPS) is 21.4. The Morgan fingerprint density at radius 3 is 1.19 bits per heavy atom. The lowest BCUT2D eigenvalue weighted by atomic mass is 10.1. The third-order valence-corrected chi connectivity index (χ3v) is 11.3. The van der Waals surface area contributed by atoms with Crippen molar-refractivity contribution >= 4 is 36.7 Å². The van der Waals surface area contributed by atoms with Crippen molar-refractivity contribution in [2.75, 3.05) is 12.4 Å². The molecule has 256 valence electrons. The van der Waals surface area contributed by atoms with Crippen LogP contribution in [0.2, 0.25) is 0 Å². The zero-order chi connectivity index (χ0) is 33.3. The second-order valence-electron chi connectivity index (χ2n) is 13.4. The van der Waals surface area contributed by atoms with E-state index in [-0.39, 0.29) is 24.4 Å². The van der Waals surface area contributed by atoms with Gasteiger partial charge in [0.25, 0.3) is 0 Å². The summed E-state index contributed by atoms with van der Waals surface area (Å²) in [5.41, 5.74) is 0. The van der Waals surface area contributed by atoms with Gasteiger partial charge in [-0.3, -0.25) is 9.05 Å². The van der Waals surface area contributed by atoms with Gasteiger partial charge in [0.1, 0.15) is 0 Å². The summed E-state index contributed by atoms with van der Waals surface area (Å²) in [5, 5.41) is 9.42. The molecule has 6 atom stereocenters. The Bertz CT molecular complexity index is 720. The van der Waals surface area contributed by atoms with E-state index in [1.54, 1.807) is 6.92 Å². The van der Waals surface area contributed by atoms with E-state index in [0.717, 1.165) is 43.7 Å². The largest absolute Gasteiger partial charge is 0.393 e. The molecule has 0 aromatic carbocycles. The van der Waals surface area contributed by atoms with E-state index >= 15 is 0 Å². The summed E-state index contributed by atoms with van der Waals surface area (Å²) < 4.78 is 40.0. The maximum atomic E-state index is 12.9. The molecule has 0 saturated carbocycles. The molecular formula is C30H66O8P2S2. The molecule has 0 aromatic heterocycles. The van der Waals surface area contributed by atoms with Crippen LogP contribution in [0.15, 0.2) is 0 Å². The monoisotopic (exact) mass is 680 g/mol. The molecule has 0 aliphatic carbocycles. The average Bonchev–Trinajstić information content (AvgIpc) is 3.51. The Morgan fingerprint density at radius 2 is 0.976 bits per heavy atom. The van der Waals surface area contributed by atoms with Crippen LogP contribution in [-0.2, 0) is 39.2 Å². The van der Waals surface area contributed by atoms with Crippen molar-refractivity contribution in [1.29, 1.82) is 0 Å². The smallest absolute Gasteiger partial charge is 0.389 e. The van der Waals surface area contributed by atoms with Crippen molar-refractivity contribution in [2.45, 2.75) is 159 Å². The zero-order valence-corrected chi connectivity index (χ0v) is 32.5. The Labute approximate surface area is 268 Å². The second kappa shape index (κ2) is 23.3. The summed E-state index contributed by atoms with van der Waals surface area (Å²) in [6.45, 7) is 23.0. The summed E-state index contributed by atoms with van der Waals surface area (Å²) in [6.07, 6.45) is 3.11. The fraction of sp³-hybridized carbons (Fsp3) is 1.00. The molecule has 1 aliphatic heterocycles. The van der Waals surface area contributed by atoms with Crippen molar-refractivity contribution < 1.29 is 37.4 Å². The van der Waals surface area contributed by atoms with E-state index in [2.05, 4.69) is 62.3 Å². The fourth-order valence-electron chi connectivity index (χ4n) is 4.13. The molecule has 12 heteroatoms. The molecule has 0 radical (unpaired) electrons. The maximum absolute atomic E-state index is 12.9. The fourth-order valence-corrected chi connectivity index (χ4v) is 10.2. The van der Waals surface area contributed by atoms with Gasteiger partial charge in [-0.05, 0) is 114 Å². The topological polar surface area (TPSA) is 107 Å². The third-order valence-electron chi connectivity index (χ3n) is 5.43. The van der Waals surface area contributed by atoms with Gasteiger partial charge in [0.15, 0.2) is 0 Å². The lowest BCUT2D eigenvalue weighted by Gasteiger charge is -2.26. The van der Waals surface area contributed by atoms with E-state index < -0.39 is 19.6 Å². The molecule has 6 unspecified atom stereocenters. The quantitative estimate of drug-likeness (QED) is 0.101. The highest BCUT2D eigenvalue weighted by molar-refractivity contribution is 8.55. The minimum absolute atomic E-state index is 0.0583. The number of hydrogen-bond donors (Lipinski definition) is 2. The van der Waals surface area contributed by atoms with E-state index in [1.807, 2.05) is 27.7 Å². The standard InChI is InChI=1S/C15H33O4PS.C12H27O3PS.C3H6O/c1-11(2)8-14(6)18-20(17,21-10-13(5)16)19-15(7)9-12(3)4;1-9(2)7-11(5)14-16(13,17)15-12(6)8-10(3)4;1-3-2-4-3/h11-16H,8-10H2,1-7H3;9-12H,7-8H2,1-6H3,(H,13,17);3H,2H2,1H3. The van der Waals surface area contributed by atoms with Crippen LogP contribution in [0.25, 0.3) is 0 Å². The first-order valence-corrected chi connectivity index (χ1v) is 21.4. The summed E-state index contributed by atoms with van der Waals surface area (Å²) >= 11 is 6.13. The SMILES string of the molecule is CC(C)CC(C)OP(=O)(OC(C)CC(C)C)SCC(C)O.CC(C)CC(C)OP(O)(=S)OC(C)CC(C)C.CC1CO1. The molecule has 1 fully saturated rings. The molecule has 1 saturated heterocycles. The van der Waals surface area contributed by atoms with E-state index in [1.165, 1.54) is 0 Å². The predicted octanol–water partition coefficient (Wildman–Crippen LogP) is 9.62. The first-order chi connectivity index (χ1) is 19.1. The molecule has 2 N–H and O–H groups in total. The number of hydrogen-bond acceptors (Lipinski definition) is 9. The molecular weight excluding hydrogens is 614 g/mol. The van der Waals surface area contributed by atoms with Crippen LogP contribution in [0.1, 0.15) is 123 Å². The minimum Gasteiger partial charge on any atom is -0.393 e. The number of epoxide rings is 1. The maximum Gasteiger partial charge on any atom is 0.389 e. The minimum atomic E-state index is -3.24. The molecule has 0 bridgehead atoms. The Balaban J connectivity index is 0. The van der Waals surface area contributed by atoms with Gasteiger partial charge in [0.05, 0.1) is 43.2 Å². The molecule has 42 heavy (non-hydrogen) atoms. The van der Waals surface area contributed by atoms with Crippen molar-refractivity contribution in [3.8, 4) is 0 Å². The van der Waals surface area contributed by atoms with Gasteiger partial charge in [-0.2, -0.15) is 0 Å². The average molecular weight is 681 g/mol. The lowest BCUT2D eigenvalue weighted by molar-refractivity contribution is 0.103. The molecule has 8 nitrogen and oxygen atoms in total. The summed E-state index contributed by atoms with van der Waals surface area (Å²) in [4.78, 5) is 9.96. The van der Waals surface area contributed by atoms with Crippen molar-refractivity contribution in [2.24, 2.45) is 23.7 Å². The van der Waals surface area contributed by atoms with E-state index in [9.17, 15) is 14.6 Å². The van der Waals surface area contributed by atoms with Gasteiger partial charge in [-0.15, -0.1) is 0 Å². The molecule has 0 spiro atoms. The zero-order valence-electron chi connectivity index (χ0n) is 29.1.